The van der Waals surface area contributed by atoms with Crippen molar-refractivity contribution in [2.45, 2.75) is 18.9 Å². The molecule has 1 saturated heterocycles. The molecule has 0 spiro atoms. The minimum Gasteiger partial charge on any atom is -0.464 e. The van der Waals surface area contributed by atoms with Gasteiger partial charge in [0.2, 0.25) is 11.0 Å². The van der Waals surface area contributed by atoms with Crippen LogP contribution in [0.15, 0.2) is 30.5 Å². The lowest BCUT2D eigenvalue weighted by molar-refractivity contribution is -0.115. The van der Waals surface area contributed by atoms with Crippen LogP contribution in [0.1, 0.15) is 11.3 Å². The Morgan fingerprint density at radius 1 is 1.30 bits per heavy atom. The van der Waals surface area contributed by atoms with E-state index in [9.17, 15) is 4.79 Å². The van der Waals surface area contributed by atoms with E-state index >= 15 is 0 Å². The minimum absolute atomic E-state index is 0.00299. The van der Waals surface area contributed by atoms with Crippen molar-refractivity contribution >= 4 is 51.1 Å². The fraction of sp³-hybridized carbons (Fsp3) is 0.312. The van der Waals surface area contributed by atoms with Gasteiger partial charge in [0.1, 0.15) is 6.10 Å². The molecule has 27 heavy (non-hydrogen) atoms. The Balaban J connectivity index is 1.29. The van der Waals surface area contributed by atoms with Crippen molar-refractivity contribution in [2.24, 2.45) is 0 Å². The smallest absolute Gasteiger partial charge is 0.296 e. The number of ether oxygens (including phenoxy) is 1. The van der Waals surface area contributed by atoms with E-state index in [-0.39, 0.29) is 18.4 Å². The number of amides is 1. The summed E-state index contributed by atoms with van der Waals surface area (Å²) in [6.45, 7) is 1.55. The van der Waals surface area contributed by atoms with Crippen molar-refractivity contribution in [3.8, 4) is 5.19 Å². The molecule has 0 radical (unpaired) electrons. The number of thiophene rings is 1. The Labute approximate surface area is 168 Å². The quantitative estimate of drug-likeness (QED) is 0.652. The van der Waals surface area contributed by atoms with E-state index in [1.807, 2.05) is 18.2 Å². The van der Waals surface area contributed by atoms with Crippen molar-refractivity contribution in [3.63, 3.8) is 0 Å². The number of carbonyl (C=O) groups is 1. The Morgan fingerprint density at radius 3 is 3.00 bits per heavy atom. The third kappa shape index (κ3) is 4.71. The Hall–Kier alpha value is -2.30. The zero-order valence-corrected chi connectivity index (χ0v) is 16.4. The molecule has 0 unspecified atom stereocenters. The standard InChI is InChI=1S/C16H15ClN6O2S2/c17-12-4-3-11(26-12)8-14(24)19-15-21-22-16(27-15)25-10-5-7-23(9-10)13-2-1-6-18-20-13/h1-4,6,10H,5,7-9H2,(H,19,21,24)/t10-/m1/s1. The van der Waals surface area contributed by atoms with Gasteiger partial charge in [0.05, 0.1) is 17.3 Å². The first kappa shape index (κ1) is 18.1. The lowest BCUT2D eigenvalue weighted by atomic mass is 10.3. The van der Waals surface area contributed by atoms with Crippen molar-refractivity contribution in [3.05, 3.63) is 39.7 Å². The Kier molecular flexibility index (Phi) is 5.46. The van der Waals surface area contributed by atoms with Crippen molar-refractivity contribution in [2.75, 3.05) is 23.3 Å². The maximum absolute atomic E-state index is 12.1. The van der Waals surface area contributed by atoms with Crippen LogP contribution in [0.25, 0.3) is 0 Å². The molecule has 1 amide bonds. The normalized spacial score (nSPS) is 16.5. The predicted molar refractivity (Wildman–Crippen MR) is 105 cm³/mol. The second-order valence-electron chi connectivity index (χ2n) is 5.86. The summed E-state index contributed by atoms with van der Waals surface area (Å²) < 4.78 is 6.56. The summed E-state index contributed by atoms with van der Waals surface area (Å²) in [5.74, 6) is 0.674. The molecule has 8 nitrogen and oxygen atoms in total. The van der Waals surface area contributed by atoms with E-state index in [4.69, 9.17) is 16.3 Å². The van der Waals surface area contributed by atoms with Gasteiger partial charge >= 0.3 is 0 Å². The third-order valence-corrected chi connectivity index (χ3v) is 5.87. The highest BCUT2D eigenvalue weighted by molar-refractivity contribution is 7.17. The SMILES string of the molecule is O=C(Cc1ccc(Cl)s1)Nc1nnc(O[C@@H]2CCN(c3cccnn3)C2)s1. The van der Waals surface area contributed by atoms with Gasteiger partial charge in [0.15, 0.2) is 5.82 Å². The fourth-order valence-electron chi connectivity index (χ4n) is 2.71. The summed E-state index contributed by atoms with van der Waals surface area (Å²) >= 11 is 8.48. The molecular formula is C16H15ClN6O2S2. The maximum atomic E-state index is 12.1. The zero-order valence-electron chi connectivity index (χ0n) is 14.0. The van der Waals surface area contributed by atoms with Crippen LogP contribution in [0.3, 0.4) is 0 Å². The molecule has 3 aromatic rings. The van der Waals surface area contributed by atoms with Gasteiger partial charge in [-0.25, -0.2) is 0 Å². The lowest BCUT2D eigenvalue weighted by Gasteiger charge is -2.16. The number of anilines is 2. The van der Waals surface area contributed by atoms with Gasteiger partial charge in [-0.3, -0.25) is 4.79 Å². The average molecular weight is 423 g/mol. The van der Waals surface area contributed by atoms with Crippen molar-refractivity contribution in [1.82, 2.24) is 20.4 Å². The largest absolute Gasteiger partial charge is 0.464 e. The van der Waals surface area contributed by atoms with Gasteiger partial charge in [-0.05, 0) is 35.6 Å². The number of hydrogen-bond donors (Lipinski definition) is 1. The molecule has 0 bridgehead atoms. The summed E-state index contributed by atoms with van der Waals surface area (Å²) in [6.07, 6.45) is 2.76. The molecule has 1 N–H and O–H groups in total. The van der Waals surface area contributed by atoms with Gasteiger partial charge in [-0.15, -0.1) is 21.5 Å². The highest BCUT2D eigenvalue weighted by atomic mass is 35.5. The summed E-state index contributed by atoms with van der Waals surface area (Å²) in [6, 6.07) is 7.40. The molecule has 0 aliphatic carbocycles. The molecule has 4 heterocycles. The highest BCUT2D eigenvalue weighted by Gasteiger charge is 2.26. The summed E-state index contributed by atoms with van der Waals surface area (Å²) in [4.78, 5) is 15.1. The molecule has 0 saturated carbocycles. The summed E-state index contributed by atoms with van der Waals surface area (Å²) in [7, 11) is 0. The Bertz CT molecular complexity index is 919. The number of rotatable bonds is 6. The van der Waals surface area contributed by atoms with Crippen LogP contribution in [0.5, 0.6) is 5.19 Å². The van der Waals surface area contributed by atoms with Crippen molar-refractivity contribution in [1.29, 1.82) is 0 Å². The molecule has 1 fully saturated rings. The third-order valence-electron chi connectivity index (χ3n) is 3.91. The molecular weight excluding hydrogens is 408 g/mol. The zero-order chi connectivity index (χ0) is 18.6. The van der Waals surface area contributed by atoms with Crippen LogP contribution in [-0.2, 0) is 11.2 Å². The fourth-order valence-corrected chi connectivity index (χ4v) is 4.48. The first-order valence-electron chi connectivity index (χ1n) is 8.22. The first-order valence-corrected chi connectivity index (χ1v) is 10.2. The molecule has 1 aliphatic heterocycles. The van der Waals surface area contributed by atoms with Crippen LogP contribution in [0.2, 0.25) is 4.34 Å². The van der Waals surface area contributed by atoms with Gasteiger partial charge in [-0.1, -0.05) is 16.7 Å². The number of nitrogens with zero attached hydrogens (tertiary/aromatic N) is 5. The van der Waals surface area contributed by atoms with Gasteiger partial charge in [-0.2, -0.15) is 5.10 Å². The van der Waals surface area contributed by atoms with Gasteiger partial charge < -0.3 is 15.0 Å². The molecule has 0 aromatic carbocycles. The number of halogens is 1. The van der Waals surface area contributed by atoms with E-state index in [1.54, 1.807) is 12.3 Å². The van der Waals surface area contributed by atoms with Gasteiger partial charge in [0, 0.05) is 24.0 Å². The van der Waals surface area contributed by atoms with E-state index in [0.717, 1.165) is 23.7 Å². The number of aromatic nitrogens is 4. The highest BCUT2D eigenvalue weighted by Crippen LogP contribution is 2.27. The van der Waals surface area contributed by atoms with E-state index in [1.165, 1.54) is 22.7 Å². The monoisotopic (exact) mass is 422 g/mol. The van der Waals surface area contributed by atoms with Crippen LogP contribution in [0.4, 0.5) is 10.9 Å². The molecule has 11 heteroatoms. The van der Waals surface area contributed by atoms with Crippen LogP contribution >= 0.6 is 34.3 Å². The minimum atomic E-state index is -0.161. The first-order chi connectivity index (χ1) is 13.2. The van der Waals surface area contributed by atoms with E-state index < -0.39 is 0 Å². The molecule has 1 atom stereocenters. The number of carbonyl (C=O) groups excluding carboxylic acids is 1. The van der Waals surface area contributed by atoms with E-state index in [0.29, 0.717) is 21.2 Å². The van der Waals surface area contributed by atoms with Crippen LogP contribution < -0.4 is 15.0 Å². The van der Waals surface area contributed by atoms with Gasteiger partial charge in [0.25, 0.3) is 5.19 Å². The van der Waals surface area contributed by atoms with Crippen LogP contribution in [0, 0.1) is 0 Å². The molecule has 140 valence electrons. The molecule has 4 rings (SSSR count). The second-order valence-corrected chi connectivity index (χ2v) is 8.60. The number of nitrogens with one attached hydrogen (secondary N) is 1. The second kappa shape index (κ2) is 8.15. The predicted octanol–water partition coefficient (Wildman–Crippen LogP) is 2.88. The maximum Gasteiger partial charge on any atom is 0.296 e. The lowest BCUT2D eigenvalue weighted by Crippen LogP contribution is -2.25. The van der Waals surface area contributed by atoms with Crippen molar-refractivity contribution < 1.29 is 9.53 Å². The topological polar surface area (TPSA) is 93.1 Å². The Morgan fingerprint density at radius 2 is 2.22 bits per heavy atom. The summed E-state index contributed by atoms with van der Waals surface area (Å²) in [5.41, 5.74) is 0. The molecule has 1 aliphatic rings. The summed E-state index contributed by atoms with van der Waals surface area (Å²) in [5, 5.41) is 19.6. The van der Waals surface area contributed by atoms with E-state index in [2.05, 4.69) is 30.6 Å². The average Bonchev–Trinajstić information content (AvgIpc) is 3.39. The van der Waals surface area contributed by atoms with Crippen LogP contribution in [-0.4, -0.2) is 45.5 Å². The molecule has 3 aromatic heterocycles. The number of hydrogen-bond acceptors (Lipinski definition) is 9.